The first-order chi connectivity index (χ1) is 13.6. The first-order valence-electron chi connectivity index (χ1n) is 9.56. The van der Waals surface area contributed by atoms with E-state index in [2.05, 4.69) is 41.9 Å². The number of nitrogens with one attached hydrogen (secondary N) is 3. The number of nitrogens with zero attached hydrogens (tertiary/aromatic N) is 1. The molecule has 3 atom stereocenters. The molecule has 0 unspecified atom stereocenters. The highest BCUT2D eigenvalue weighted by molar-refractivity contribution is 5.77. The number of para-hydroxylation sites is 1. The van der Waals surface area contributed by atoms with Crippen molar-refractivity contribution >= 4 is 11.4 Å². The number of benzene rings is 2. The fraction of sp³-hybridized carbons (Fsp3) is 0.409. The number of hydrogen-bond acceptors (Lipinski definition) is 6. The monoisotopic (exact) mass is 380 g/mol. The van der Waals surface area contributed by atoms with Gasteiger partial charge in [-0.2, -0.15) is 5.26 Å². The summed E-state index contributed by atoms with van der Waals surface area (Å²) in [6.45, 7) is 5.96. The first kappa shape index (κ1) is 19.8. The molecule has 0 aliphatic carbocycles. The third-order valence-corrected chi connectivity index (χ3v) is 5.35. The molecule has 0 amide bonds. The third kappa shape index (κ3) is 4.15. The van der Waals surface area contributed by atoms with Crippen molar-refractivity contribution in [3.05, 3.63) is 47.5 Å². The van der Waals surface area contributed by atoms with Gasteiger partial charge in [0.05, 0.1) is 37.2 Å². The van der Waals surface area contributed by atoms with Crippen molar-refractivity contribution in [1.29, 1.82) is 5.26 Å². The van der Waals surface area contributed by atoms with E-state index < -0.39 is 0 Å². The summed E-state index contributed by atoms with van der Waals surface area (Å²) in [5.74, 6) is 1.91. The Labute approximate surface area is 166 Å². The second-order valence-corrected chi connectivity index (χ2v) is 7.18. The second-order valence-electron chi connectivity index (χ2n) is 7.18. The average Bonchev–Trinajstić information content (AvgIpc) is 2.75. The number of hydrogen-bond donors (Lipinski definition) is 3. The Kier molecular flexibility index (Phi) is 6.27. The van der Waals surface area contributed by atoms with Crippen molar-refractivity contribution in [3.8, 4) is 17.6 Å². The number of nitriles is 1. The minimum atomic E-state index is 0.187. The normalized spacial score (nSPS) is 17.3. The van der Waals surface area contributed by atoms with Crippen molar-refractivity contribution in [2.75, 3.05) is 37.9 Å². The van der Waals surface area contributed by atoms with E-state index in [9.17, 15) is 5.26 Å². The molecular weight excluding hydrogens is 352 g/mol. The van der Waals surface area contributed by atoms with Gasteiger partial charge in [-0.25, -0.2) is 0 Å². The molecule has 0 bridgehead atoms. The summed E-state index contributed by atoms with van der Waals surface area (Å²) in [6.07, 6.45) is 0. The Morgan fingerprint density at radius 1 is 1.21 bits per heavy atom. The summed E-state index contributed by atoms with van der Waals surface area (Å²) >= 11 is 0. The lowest BCUT2D eigenvalue weighted by Gasteiger charge is -2.34. The van der Waals surface area contributed by atoms with E-state index in [4.69, 9.17) is 9.47 Å². The van der Waals surface area contributed by atoms with E-state index in [-0.39, 0.29) is 18.0 Å². The lowest BCUT2D eigenvalue weighted by atomic mass is 9.98. The molecule has 6 nitrogen and oxygen atoms in total. The van der Waals surface area contributed by atoms with Gasteiger partial charge in [-0.05, 0) is 36.6 Å². The van der Waals surface area contributed by atoms with Crippen LogP contribution in [0.3, 0.4) is 0 Å². The van der Waals surface area contributed by atoms with E-state index in [1.807, 2.05) is 30.3 Å². The molecule has 148 valence electrons. The van der Waals surface area contributed by atoms with Gasteiger partial charge in [0.15, 0.2) is 0 Å². The summed E-state index contributed by atoms with van der Waals surface area (Å²) in [5, 5.41) is 19.9. The Balaban J connectivity index is 1.63. The molecular formula is C22H28N4O2. The number of fused-ring (bicyclic) bond motifs is 1. The van der Waals surface area contributed by atoms with Crippen LogP contribution in [0, 0.1) is 11.3 Å². The highest BCUT2D eigenvalue weighted by Crippen LogP contribution is 2.31. The number of rotatable bonds is 7. The van der Waals surface area contributed by atoms with Crippen molar-refractivity contribution in [2.24, 2.45) is 0 Å². The van der Waals surface area contributed by atoms with Crippen LogP contribution in [0.1, 0.15) is 30.9 Å². The van der Waals surface area contributed by atoms with Crippen molar-refractivity contribution in [1.82, 2.24) is 5.32 Å². The maximum atomic E-state index is 9.35. The van der Waals surface area contributed by atoms with Gasteiger partial charge >= 0.3 is 0 Å². The predicted molar refractivity (Wildman–Crippen MR) is 112 cm³/mol. The molecule has 0 spiro atoms. The number of anilines is 2. The largest absolute Gasteiger partial charge is 0.497 e. The molecule has 3 rings (SSSR count). The average molecular weight is 380 g/mol. The smallest absolute Gasteiger partial charge is 0.126 e. The molecule has 0 fully saturated rings. The van der Waals surface area contributed by atoms with Crippen LogP contribution in [0.15, 0.2) is 36.4 Å². The zero-order valence-corrected chi connectivity index (χ0v) is 16.9. The Hall–Kier alpha value is -2.91. The van der Waals surface area contributed by atoms with Gasteiger partial charge < -0.3 is 25.4 Å². The maximum absolute atomic E-state index is 9.35. The molecule has 0 saturated heterocycles. The van der Waals surface area contributed by atoms with Crippen LogP contribution >= 0.6 is 0 Å². The molecule has 1 heterocycles. The fourth-order valence-electron chi connectivity index (χ4n) is 3.55. The zero-order chi connectivity index (χ0) is 20.1. The second kappa shape index (κ2) is 8.85. The third-order valence-electron chi connectivity index (χ3n) is 5.35. The molecule has 28 heavy (non-hydrogen) atoms. The summed E-state index contributed by atoms with van der Waals surface area (Å²) < 4.78 is 10.8. The number of ether oxygens (including phenoxy) is 2. The summed E-state index contributed by atoms with van der Waals surface area (Å²) in [6, 6.07) is 14.3. The lowest BCUT2D eigenvalue weighted by Crippen LogP contribution is -2.48. The predicted octanol–water partition coefficient (Wildman–Crippen LogP) is 3.56. The van der Waals surface area contributed by atoms with Gasteiger partial charge in [0.2, 0.25) is 0 Å². The molecule has 6 heteroatoms. The molecule has 3 N–H and O–H groups in total. The van der Waals surface area contributed by atoms with E-state index in [0.717, 1.165) is 41.5 Å². The van der Waals surface area contributed by atoms with Gasteiger partial charge in [-0.3, -0.25) is 0 Å². The number of methoxy groups -OCH3 is 2. The van der Waals surface area contributed by atoms with E-state index >= 15 is 0 Å². The van der Waals surface area contributed by atoms with Gasteiger partial charge in [0.25, 0.3) is 0 Å². The van der Waals surface area contributed by atoms with E-state index in [1.165, 1.54) is 0 Å². The molecule has 1 aliphatic rings. The Morgan fingerprint density at radius 3 is 2.75 bits per heavy atom. The topological polar surface area (TPSA) is 78.3 Å². The zero-order valence-electron chi connectivity index (χ0n) is 16.9. The lowest BCUT2D eigenvalue weighted by molar-refractivity contribution is 0.386. The van der Waals surface area contributed by atoms with Crippen LogP contribution in [0.4, 0.5) is 11.4 Å². The molecule has 2 aromatic rings. The van der Waals surface area contributed by atoms with Gasteiger partial charge in [-0.1, -0.05) is 19.1 Å². The molecule has 1 aliphatic heterocycles. The van der Waals surface area contributed by atoms with Crippen molar-refractivity contribution < 1.29 is 9.47 Å². The fourth-order valence-corrected chi connectivity index (χ4v) is 3.55. The van der Waals surface area contributed by atoms with Gasteiger partial charge in [0, 0.05) is 25.2 Å². The highest BCUT2D eigenvalue weighted by atomic mass is 16.5. The van der Waals surface area contributed by atoms with Gasteiger partial charge in [0.1, 0.15) is 17.6 Å². The van der Waals surface area contributed by atoms with Crippen LogP contribution < -0.4 is 25.4 Å². The maximum Gasteiger partial charge on any atom is 0.126 e. The van der Waals surface area contributed by atoms with Crippen LogP contribution in [-0.4, -0.2) is 39.4 Å². The van der Waals surface area contributed by atoms with Crippen LogP contribution in [0.5, 0.6) is 11.5 Å². The molecule has 2 aromatic carbocycles. The van der Waals surface area contributed by atoms with Crippen molar-refractivity contribution in [2.45, 2.75) is 31.8 Å². The minimum absolute atomic E-state index is 0.187. The molecule has 0 aromatic heterocycles. The minimum Gasteiger partial charge on any atom is -0.497 e. The SMILES string of the molecule is COc1ccc([C@@H](C)CN[C@H](C)[C@H]2CNc3cccc(C#N)c3N2)c(OC)c1. The standard InChI is InChI=1S/C22H28N4O2/c1-14(18-9-8-17(27-3)10-21(18)28-4)12-24-15(2)20-13-25-19-7-5-6-16(11-23)22(19)26-20/h5-10,14-15,20,24-26H,12-13H2,1-4H3/t14-,15+,20+/m0/s1. The van der Waals surface area contributed by atoms with E-state index in [1.54, 1.807) is 14.2 Å². The van der Waals surface area contributed by atoms with Crippen molar-refractivity contribution in [3.63, 3.8) is 0 Å². The van der Waals surface area contributed by atoms with Crippen LogP contribution in [-0.2, 0) is 0 Å². The quantitative estimate of drug-likeness (QED) is 0.682. The van der Waals surface area contributed by atoms with E-state index in [0.29, 0.717) is 5.56 Å². The summed E-state index contributed by atoms with van der Waals surface area (Å²) in [4.78, 5) is 0. The Morgan fingerprint density at radius 2 is 2.04 bits per heavy atom. The van der Waals surface area contributed by atoms with Gasteiger partial charge in [-0.15, -0.1) is 0 Å². The Bertz CT molecular complexity index is 862. The summed E-state index contributed by atoms with van der Waals surface area (Å²) in [7, 11) is 3.34. The highest BCUT2D eigenvalue weighted by Gasteiger charge is 2.24. The molecule has 0 radical (unpaired) electrons. The van der Waals surface area contributed by atoms with Crippen LogP contribution in [0.25, 0.3) is 0 Å². The first-order valence-corrected chi connectivity index (χ1v) is 9.56. The molecule has 0 saturated carbocycles. The summed E-state index contributed by atoms with van der Waals surface area (Å²) in [5.41, 5.74) is 3.69. The van der Waals surface area contributed by atoms with Crippen LogP contribution in [0.2, 0.25) is 0 Å².